The van der Waals surface area contributed by atoms with Gasteiger partial charge >= 0.3 is 0 Å². The van der Waals surface area contributed by atoms with Gasteiger partial charge in [0.15, 0.2) is 0 Å². The van der Waals surface area contributed by atoms with Gasteiger partial charge in [0, 0.05) is 24.8 Å². The Balaban J connectivity index is 0.000000810. The van der Waals surface area contributed by atoms with Crippen molar-refractivity contribution in [2.45, 2.75) is 12.3 Å². The molecule has 0 nitrogen and oxygen atoms in total. The van der Waals surface area contributed by atoms with Crippen LogP contribution in [0.5, 0.6) is 0 Å². The van der Waals surface area contributed by atoms with Crippen LogP contribution < -0.4 is 0 Å². The monoisotopic (exact) mass is 248 g/mol. The predicted octanol–water partition coefficient (Wildman–Crippen LogP) is 2.89. The number of alkyl halides is 1. The third-order valence-electron chi connectivity index (χ3n) is 1.41. The molecule has 0 aliphatic heterocycles. The molecule has 0 bridgehead atoms. The van der Waals surface area contributed by atoms with Crippen molar-refractivity contribution in [3.8, 4) is 0 Å². The van der Waals surface area contributed by atoms with E-state index >= 15 is 0 Å². The fourth-order valence-electron chi connectivity index (χ4n) is 0.760. The van der Waals surface area contributed by atoms with Gasteiger partial charge in [-0.05, 0) is 18.1 Å². The van der Waals surface area contributed by atoms with Crippen LogP contribution in [0.4, 0.5) is 0 Å². The van der Waals surface area contributed by atoms with Crippen LogP contribution >= 0.6 is 15.9 Å². The van der Waals surface area contributed by atoms with E-state index in [-0.39, 0.29) is 19.5 Å². The topological polar surface area (TPSA) is 0 Å². The summed E-state index contributed by atoms with van der Waals surface area (Å²) < 4.78 is 0. The molecule has 0 radical (unpaired) electrons. The van der Waals surface area contributed by atoms with E-state index in [4.69, 9.17) is 0 Å². The van der Waals surface area contributed by atoms with Gasteiger partial charge in [-0.15, -0.1) is 0 Å². The van der Waals surface area contributed by atoms with Crippen molar-refractivity contribution in [3.05, 3.63) is 35.4 Å². The number of hydrogen-bond acceptors (Lipinski definition) is 0. The van der Waals surface area contributed by atoms with E-state index in [9.17, 15) is 0 Å². The maximum atomic E-state index is 3.41. The smallest absolute Gasteiger partial charge is 0.0285 e. The fraction of sp³-hybridized carbons (Fsp3) is 0.250. The van der Waals surface area contributed by atoms with Crippen molar-refractivity contribution in [1.82, 2.24) is 0 Å². The molecule has 2 heteroatoms. The van der Waals surface area contributed by atoms with E-state index in [1.54, 1.807) is 0 Å². The molecule has 10 heavy (non-hydrogen) atoms. The Morgan fingerprint density at radius 1 is 1.30 bits per heavy atom. The van der Waals surface area contributed by atoms with Crippen molar-refractivity contribution >= 4 is 15.9 Å². The van der Waals surface area contributed by atoms with E-state index in [1.165, 1.54) is 11.1 Å². The minimum absolute atomic E-state index is 0. The molecule has 50 valence electrons. The Morgan fingerprint density at radius 3 is 2.30 bits per heavy atom. The Hall–Kier alpha value is 0.323. The average molecular weight is 250 g/mol. The molecule has 0 saturated heterocycles. The molecule has 0 N–H and O–H groups in total. The molecule has 0 saturated carbocycles. The van der Waals surface area contributed by atoms with Crippen LogP contribution in [0, 0.1) is 6.92 Å². The summed E-state index contributed by atoms with van der Waals surface area (Å²) >= 11 is 3.41. The van der Waals surface area contributed by atoms with E-state index in [0.29, 0.717) is 0 Å². The second-order valence-electron chi connectivity index (χ2n) is 2.06. The van der Waals surface area contributed by atoms with E-state index < -0.39 is 0 Å². The quantitative estimate of drug-likeness (QED) is 0.531. The van der Waals surface area contributed by atoms with Gasteiger partial charge < -0.3 is 0 Å². The van der Waals surface area contributed by atoms with Gasteiger partial charge in [-0.3, -0.25) is 0 Å². The summed E-state index contributed by atoms with van der Waals surface area (Å²) in [5.41, 5.74) is 2.73. The molecule has 0 aliphatic rings. The molecule has 0 aliphatic carbocycles. The first-order valence-electron chi connectivity index (χ1n) is 2.95. The molecular formula is C8H9BrZn. The normalized spacial score (nSPS) is 8.60. The second-order valence-corrected chi connectivity index (χ2v) is 2.62. The van der Waals surface area contributed by atoms with Gasteiger partial charge in [-0.25, -0.2) is 0 Å². The predicted molar refractivity (Wildman–Crippen MR) is 43.8 cm³/mol. The summed E-state index contributed by atoms with van der Waals surface area (Å²) in [4.78, 5) is 0. The van der Waals surface area contributed by atoms with Gasteiger partial charge in [-0.2, -0.15) is 0 Å². The Morgan fingerprint density at radius 2 is 1.90 bits per heavy atom. The fourth-order valence-corrected chi connectivity index (χ4v) is 1.39. The summed E-state index contributed by atoms with van der Waals surface area (Å²) in [5, 5.41) is 0.958. The minimum Gasteiger partial charge on any atom is -0.0876 e. The molecule has 0 spiro atoms. The first kappa shape index (κ1) is 10.3. The molecule has 0 aromatic heterocycles. The van der Waals surface area contributed by atoms with Crippen molar-refractivity contribution in [2.24, 2.45) is 0 Å². The maximum Gasteiger partial charge on any atom is 0.0285 e. The Labute approximate surface area is 82.9 Å². The van der Waals surface area contributed by atoms with Crippen molar-refractivity contribution in [3.63, 3.8) is 0 Å². The molecule has 0 heterocycles. The number of benzene rings is 1. The molecule has 0 fully saturated rings. The molecule has 0 unspecified atom stereocenters. The molecular weight excluding hydrogens is 241 g/mol. The van der Waals surface area contributed by atoms with Crippen molar-refractivity contribution in [2.75, 3.05) is 0 Å². The van der Waals surface area contributed by atoms with Crippen LogP contribution in [-0.2, 0) is 24.8 Å². The van der Waals surface area contributed by atoms with E-state index in [0.717, 1.165) is 5.33 Å². The van der Waals surface area contributed by atoms with Gasteiger partial charge in [0.2, 0.25) is 0 Å². The molecule has 1 aromatic rings. The van der Waals surface area contributed by atoms with E-state index in [2.05, 4.69) is 47.1 Å². The summed E-state index contributed by atoms with van der Waals surface area (Å²) in [7, 11) is 0. The van der Waals surface area contributed by atoms with Crippen LogP contribution in [-0.4, -0.2) is 0 Å². The molecule has 0 amide bonds. The van der Waals surface area contributed by atoms with Crippen LogP contribution in [0.2, 0.25) is 0 Å². The third kappa shape index (κ3) is 2.51. The van der Waals surface area contributed by atoms with Crippen LogP contribution in [0.1, 0.15) is 11.1 Å². The maximum absolute atomic E-state index is 3.41. The van der Waals surface area contributed by atoms with Crippen LogP contribution in [0.25, 0.3) is 0 Å². The number of halogens is 1. The molecule has 1 aromatic carbocycles. The Bertz CT molecular complexity index is 198. The third-order valence-corrected chi connectivity index (χ3v) is 2.01. The zero-order valence-electron chi connectivity index (χ0n) is 6.10. The summed E-state index contributed by atoms with van der Waals surface area (Å²) in [6.45, 7) is 2.12. The largest absolute Gasteiger partial charge is 0.0876 e. The number of rotatable bonds is 1. The first-order chi connectivity index (χ1) is 4.34. The zero-order valence-corrected chi connectivity index (χ0v) is 10.7. The SMILES string of the molecule is Cc1ccccc1CBr.[Zn]. The van der Waals surface area contributed by atoms with Gasteiger partial charge in [0.25, 0.3) is 0 Å². The summed E-state index contributed by atoms with van der Waals surface area (Å²) in [6, 6.07) is 8.37. The summed E-state index contributed by atoms with van der Waals surface area (Å²) in [6.07, 6.45) is 0. The van der Waals surface area contributed by atoms with Crippen molar-refractivity contribution in [1.29, 1.82) is 0 Å². The minimum atomic E-state index is 0. The van der Waals surface area contributed by atoms with Gasteiger partial charge in [0.1, 0.15) is 0 Å². The van der Waals surface area contributed by atoms with Crippen LogP contribution in [0.3, 0.4) is 0 Å². The van der Waals surface area contributed by atoms with Crippen molar-refractivity contribution < 1.29 is 19.5 Å². The van der Waals surface area contributed by atoms with Crippen LogP contribution in [0.15, 0.2) is 24.3 Å². The zero-order chi connectivity index (χ0) is 6.69. The Kier molecular flexibility index (Phi) is 5.20. The number of hydrogen-bond donors (Lipinski definition) is 0. The second kappa shape index (κ2) is 5.04. The number of aryl methyl sites for hydroxylation is 1. The molecule has 0 atom stereocenters. The average Bonchev–Trinajstić information content (AvgIpc) is 1.89. The van der Waals surface area contributed by atoms with Gasteiger partial charge in [-0.1, -0.05) is 40.2 Å². The van der Waals surface area contributed by atoms with E-state index in [1.807, 2.05) is 0 Å². The summed E-state index contributed by atoms with van der Waals surface area (Å²) in [5.74, 6) is 0. The molecule has 1 rings (SSSR count). The standard InChI is InChI=1S/C8H9Br.Zn/c1-7-4-2-3-5-8(7)6-9;/h2-5H,6H2,1H3;. The first-order valence-corrected chi connectivity index (χ1v) is 4.07. The van der Waals surface area contributed by atoms with Gasteiger partial charge in [0.05, 0.1) is 0 Å².